The molecule has 0 aliphatic carbocycles. The van der Waals surface area contributed by atoms with Gasteiger partial charge < -0.3 is 4.90 Å². The Labute approximate surface area is 124 Å². The smallest absolute Gasteiger partial charge is 0.227 e. The first-order chi connectivity index (χ1) is 9.58. The molecule has 3 nitrogen and oxygen atoms in total. The highest BCUT2D eigenvalue weighted by Crippen LogP contribution is 2.19. The van der Waals surface area contributed by atoms with Crippen molar-refractivity contribution in [3.05, 3.63) is 64.9 Å². The molecular weight excluding hydrogens is 272 g/mol. The van der Waals surface area contributed by atoms with Crippen LogP contribution < -0.4 is 0 Å². The zero-order chi connectivity index (χ0) is 14.5. The fourth-order valence-corrected chi connectivity index (χ4v) is 2.09. The molecule has 0 aliphatic heterocycles. The van der Waals surface area contributed by atoms with E-state index in [1.807, 2.05) is 38.2 Å². The summed E-state index contributed by atoms with van der Waals surface area (Å²) in [6.07, 6.45) is 3.89. The topological polar surface area (TPSA) is 33.2 Å². The molecule has 0 saturated carbocycles. The fraction of sp³-hybridized carbons (Fsp3) is 0.250. The van der Waals surface area contributed by atoms with E-state index in [0.717, 1.165) is 11.1 Å². The summed E-state index contributed by atoms with van der Waals surface area (Å²) in [6, 6.07) is 11.2. The highest BCUT2D eigenvalue weighted by atomic mass is 35.5. The number of nitrogens with zero attached hydrogens (tertiary/aromatic N) is 2. The van der Waals surface area contributed by atoms with Crippen LogP contribution in [0, 0.1) is 0 Å². The number of aromatic nitrogens is 1. The predicted octanol–water partition coefficient (Wildman–Crippen LogP) is 3.50. The maximum Gasteiger partial charge on any atom is 0.227 e. The Balaban J connectivity index is 2.03. The van der Waals surface area contributed by atoms with Gasteiger partial charge in [0.2, 0.25) is 5.91 Å². The van der Waals surface area contributed by atoms with Crippen LogP contribution in [0.25, 0.3) is 0 Å². The Morgan fingerprint density at radius 2 is 2.00 bits per heavy atom. The Hall–Kier alpha value is -1.87. The normalized spacial score (nSPS) is 11.9. The van der Waals surface area contributed by atoms with Crippen LogP contribution in [0.4, 0.5) is 0 Å². The number of amides is 1. The second-order valence-electron chi connectivity index (χ2n) is 4.77. The molecule has 104 valence electrons. The Kier molecular flexibility index (Phi) is 4.74. The number of hydrogen-bond acceptors (Lipinski definition) is 2. The Morgan fingerprint density at radius 1 is 1.30 bits per heavy atom. The van der Waals surface area contributed by atoms with Crippen molar-refractivity contribution in [2.24, 2.45) is 0 Å². The van der Waals surface area contributed by atoms with E-state index in [-0.39, 0.29) is 11.9 Å². The molecule has 0 spiro atoms. The highest BCUT2D eigenvalue weighted by molar-refractivity contribution is 6.30. The second kappa shape index (κ2) is 6.53. The molecule has 1 atom stereocenters. The van der Waals surface area contributed by atoms with Crippen molar-refractivity contribution in [2.45, 2.75) is 19.4 Å². The third-order valence-corrected chi connectivity index (χ3v) is 3.66. The fourth-order valence-electron chi connectivity index (χ4n) is 1.96. The monoisotopic (exact) mass is 288 g/mol. The molecule has 0 radical (unpaired) electrons. The number of likely N-dealkylation sites (N-methyl/N-ethyl adjacent to an activating group) is 1. The lowest BCUT2D eigenvalue weighted by Gasteiger charge is -2.25. The van der Waals surface area contributed by atoms with Gasteiger partial charge in [-0.3, -0.25) is 9.78 Å². The van der Waals surface area contributed by atoms with Crippen LogP contribution in [-0.2, 0) is 11.2 Å². The van der Waals surface area contributed by atoms with Gasteiger partial charge in [-0.25, -0.2) is 0 Å². The average Bonchev–Trinajstić information content (AvgIpc) is 2.49. The molecule has 4 heteroatoms. The minimum atomic E-state index is 0.00324. The van der Waals surface area contributed by atoms with Crippen LogP contribution in [0.2, 0.25) is 5.02 Å². The molecule has 1 amide bonds. The van der Waals surface area contributed by atoms with Crippen LogP contribution in [0.3, 0.4) is 0 Å². The molecule has 0 fully saturated rings. The lowest BCUT2D eigenvalue weighted by atomic mass is 10.1. The largest absolute Gasteiger partial charge is 0.339 e. The van der Waals surface area contributed by atoms with Crippen LogP contribution in [0.1, 0.15) is 24.1 Å². The van der Waals surface area contributed by atoms with Crippen LogP contribution in [0.5, 0.6) is 0 Å². The summed E-state index contributed by atoms with van der Waals surface area (Å²) in [6.45, 7) is 2.00. The van der Waals surface area contributed by atoms with E-state index in [1.54, 1.807) is 29.4 Å². The molecular formula is C16H17ClN2O. The lowest BCUT2D eigenvalue weighted by Crippen LogP contribution is -2.31. The number of pyridine rings is 1. The van der Waals surface area contributed by atoms with Crippen LogP contribution in [-0.4, -0.2) is 22.8 Å². The van der Waals surface area contributed by atoms with E-state index < -0.39 is 0 Å². The SMILES string of the molecule is C[C@H](c1cccnc1)N(C)C(=O)Cc1ccc(Cl)cc1. The van der Waals surface area contributed by atoms with Crippen molar-refractivity contribution in [1.82, 2.24) is 9.88 Å². The Morgan fingerprint density at radius 3 is 2.60 bits per heavy atom. The van der Waals surface area contributed by atoms with Crippen molar-refractivity contribution in [3.8, 4) is 0 Å². The molecule has 0 N–H and O–H groups in total. The highest BCUT2D eigenvalue weighted by Gasteiger charge is 2.17. The second-order valence-corrected chi connectivity index (χ2v) is 5.21. The number of benzene rings is 1. The molecule has 2 rings (SSSR count). The summed E-state index contributed by atoms with van der Waals surface area (Å²) in [5.74, 6) is 0.0728. The van der Waals surface area contributed by atoms with Crippen LogP contribution >= 0.6 is 11.6 Å². The third-order valence-electron chi connectivity index (χ3n) is 3.41. The van der Waals surface area contributed by atoms with E-state index in [4.69, 9.17) is 11.6 Å². The lowest BCUT2D eigenvalue weighted by molar-refractivity contribution is -0.131. The van der Waals surface area contributed by atoms with Gasteiger partial charge in [0.25, 0.3) is 0 Å². The van der Waals surface area contributed by atoms with Gasteiger partial charge in [0.1, 0.15) is 0 Å². The number of carbonyl (C=O) groups is 1. The standard InChI is InChI=1S/C16H17ClN2O/c1-12(14-4-3-9-18-11-14)19(2)16(20)10-13-5-7-15(17)8-6-13/h3-9,11-12H,10H2,1-2H3/t12-/m1/s1. The van der Waals surface area contributed by atoms with Gasteiger partial charge in [-0.2, -0.15) is 0 Å². The van der Waals surface area contributed by atoms with Gasteiger partial charge in [0.15, 0.2) is 0 Å². The van der Waals surface area contributed by atoms with Gasteiger partial charge in [0, 0.05) is 24.5 Å². The number of halogens is 1. The van der Waals surface area contributed by atoms with E-state index in [0.29, 0.717) is 11.4 Å². The summed E-state index contributed by atoms with van der Waals surface area (Å²) in [7, 11) is 1.82. The summed E-state index contributed by atoms with van der Waals surface area (Å²) in [5, 5.41) is 0.679. The molecule has 1 aromatic carbocycles. The first kappa shape index (κ1) is 14.5. The van der Waals surface area contributed by atoms with E-state index >= 15 is 0 Å². The first-order valence-electron chi connectivity index (χ1n) is 6.48. The molecule has 1 heterocycles. The van der Waals surface area contributed by atoms with Crippen molar-refractivity contribution in [1.29, 1.82) is 0 Å². The third kappa shape index (κ3) is 3.58. The Bertz CT molecular complexity index is 569. The molecule has 0 unspecified atom stereocenters. The molecule has 2 aromatic rings. The minimum Gasteiger partial charge on any atom is -0.339 e. The van der Waals surface area contributed by atoms with Gasteiger partial charge in [-0.15, -0.1) is 0 Å². The maximum absolute atomic E-state index is 12.3. The average molecular weight is 289 g/mol. The van der Waals surface area contributed by atoms with Gasteiger partial charge in [-0.1, -0.05) is 29.8 Å². The number of hydrogen-bond donors (Lipinski definition) is 0. The number of rotatable bonds is 4. The van der Waals surface area contributed by atoms with Gasteiger partial charge in [-0.05, 0) is 36.2 Å². The van der Waals surface area contributed by atoms with E-state index in [9.17, 15) is 4.79 Å². The summed E-state index contributed by atoms with van der Waals surface area (Å²) < 4.78 is 0. The molecule has 20 heavy (non-hydrogen) atoms. The zero-order valence-corrected chi connectivity index (χ0v) is 12.3. The summed E-state index contributed by atoms with van der Waals surface area (Å²) in [4.78, 5) is 18.1. The maximum atomic E-state index is 12.3. The zero-order valence-electron chi connectivity index (χ0n) is 11.6. The van der Waals surface area contributed by atoms with E-state index in [2.05, 4.69) is 4.98 Å². The predicted molar refractivity (Wildman–Crippen MR) is 80.6 cm³/mol. The molecule has 0 aliphatic rings. The van der Waals surface area contributed by atoms with Gasteiger partial charge >= 0.3 is 0 Å². The van der Waals surface area contributed by atoms with Crippen LogP contribution in [0.15, 0.2) is 48.8 Å². The first-order valence-corrected chi connectivity index (χ1v) is 6.86. The van der Waals surface area contributed by atoms with Crippen molar-refractivity contribution in [3.63, 3.8) is 0 Å². The van der Waals surface area contributed by atoms with E-state index in [1.165, 1.54) is 0 Å². The summed E-state index contributed by atoms with van der Waals surface area (Å²) in [5.41, 5.74) is 1.99. The van der Waals surface area contributed by atoms with Crippen molar-refractivity contribution >= 4 is 17.5 Å². The molecule has 1 aromatic heterocycles. The molecule has 0 saturated heterocycles. The van der Waals surface area contributed by atoms with Gasteiger partial charge in [0.05, 0.1) is 12.5 Å². The molecule has 0 bridgehead atoms. The minimum absolute atomic E-state index is 0.00324. The van der Waals surface area contributed by atoms with Crippen molar-refractivity contribution in [2.75, 3.05) is 7.05 Å². The summed E-state index contributed by atoms with van der Waals surface area (Å²) >= 11 is 5.84. The quantitative estimate of drug-likeness (QED) is 0.863. The van der Waals surface area contributed by atoms with Crippen molar-refractivity contribution < 1.29 is 4.79 Å². The number of carbonyl (C=O) groups excluding carboxylic acids is 1.